The van der Waals surface area contributed by atoms with Gasteiger partial charge in [0.1, 0.15) is 5.00 Å². The molecule has 2 aliphatic rings. The lowest BCUT2D eigenvalue weighted by molar-refractivity contribution is -0.385. The van der Waals surface area contributed by atoms with Gasteiger partial charge in [0.05, 0.1) is 28.7 Å². The average Bonchev–Trinajstić information content (AvgIpc) is 3.29. The summed E-state index contributed by atoms with van der Waals surface area (Å²) in [5, 5.41) is 12.0. The Balaban J connectivity index is 1.75. The van der Waals surface area contributed by atoms with Crippen molar-refractivity contribution in [1.29, 1.82) is 0 Å². The summed E-state index contributed by atoms with van der Waals surface area (Å²) < 4.78 is 15.7. The van der Waals surface area contributed by atoms with E-state index in [4.69, 9.17) is 14.2 Å². The van der Waals surface area contributed by atoms with E-state index in [2.05, 4.69) is 4.99 Å². The third kappa shape index (κ3) is 3.33. The van der Waals surface area contributed by atoms with Crippen LogP contribution in [-0.2, 0) is 17.6 Å². The predicted octanol–water partition coefficient (Wildman–Crippen LogP) is 4.19. The number of hydrogen-bond acceptors (Lipinski definition) is 8. The average molecular weight is 402 g/mol. The van der Waals surface area contributed by atoms with Crippen LogP contribution in [0.25, 0.3) is 0 Å². The highest BCUT2D eigenvalue weighted by molar-refractivity contribution is 7.16. The second kappa shape index (κ2) is 7.59. The van der Waals surface area contributed by atoms with Crippen molar-refractivity contribution < 1.29 is 23.9 Å². The minimum absolute atomic E-state index is 0.0255. The highest BCUT2D eigenvalue weighted by Gasteiger charge is 2.27. The normalized spacial score (nSPS) is 14.9. The molecule has 0 unspecified atom stereocenters. The van der Waals surface area contributed by atoms with Gasteiger partial charge in [-0.3, -0.25) is 10.1 Å². The van der Waals surface area contributed by atoms with Crippen LogP contribution in [0, 0.1) is 10.1 Å². The number of thiophene rings is 1. The monoisotopic (exact) mass is 402 g/mol. The van der Waals surface area contributed by atoms with Crippen molar-refractivity contribution in [2.45, 2.75) is 32.6 Å². The van der Waals surface area contributed by atoms with Crippen LogP contribution in [0.4, 0.5) is 10.7 Å². The third-order valence-electron chi connectivity index (χ3n) is 4.67. The summed E-state index contributed by atoms with van der Waals surface area (Å²) >= 11 is 1.45. The summed E-state index contributed by atoms with van der Waals surface area (Å²) in [7, 11) is 0. The zero-order chi connectivity index (χ0) is 19.7. The van der Waals surface area contributed by atoms with Gasteiger partial charge < -0.3 is 14.2 Å². The Morgan fingerprint density at radius 1 is 1.32 bits per heavy atom. The summed E-state index contributed by atoms with van der Waals surface area (Å²) in [5.41, 5.74) is 1.64. The zero-order valence-electron chi connectivity index (χ0n) is 15.2. The lowest BCUT2D eigenvalue weighted by Crippen LogP contribution is -2.09. The molecular weight excluding hydrogens is 384 g/mol. The molecule has 28 heavy (non-hydrogen) atoms. The Morgan fingerprint density at radius 3 is 2.82 bits per heavy atom. The maximum atomic E-state index is 12.5. The van der Waals surface area contributed by atoms with Gasteiger partial charge >= 0.3 is 5.97 Å². The standard InChI is InChI=1S/C19H18N2O6S/c1-2-25-19(22)17-12-5-3-4-6-16(12)28-18(17)20-9-11-7-14-15(27-10-26-14)8-13(11)21(23)24/h7-9H,2-6,10H2,1H3. The first-order valence-electron chi connectivity index (χ1n) is 9.02. The maximum absolute atomic E-state index is 12.5. The van der Waals surface area contributed by atoms with Crippen molar-refractivity contribution >= 4 is 34.2 Å². The van der Waals surface area contributed by atoms with Crippen molar-refractivity contribution in [3.63, 3.8) is 0 Å². The van der Waals surface area contributed by atoms with Crippen LogP contribution in [0.3, 0.4) is 0 Å². The quantitative estimate of drug-likeness (QED) is 0.322. The smallest absolute Gasteiger partial charge is 0.341 e. The Hall–Kier alpha value is -2.94. The molecule has 0 amide bonds. The van der Waals surface area contributed by atoms with Gasteiger partial charge in [-0.1, -0.05) is 0 Å². The van der Waals surface area contributed by atoms with Gasteiger partial charge in [0.25, 0.3) is 5.69 Å². The van der Waals surface area contributed by atoms with Gasteiger partial charge in [0.2, 0.25) is 6.79 Å². The van der Waals surface area contributed by atoms with E-state index in [-0.39, 0.29) is 24.7 Å². The fourth-order valence-electron chi connectivity index (χ4n) is 3.39. The number of ether oxygens (including phenoxy) is 3. The number of nitro groups is 1. The van der Waals surface area contributed by atoms with E-state index in [1.54, 1.807) is 6.92 Å². The number of nitrogens with zero attached hydrogens (tertiary/aromatic N) is 2. The Morgan fingerprint density at radius 2 is 2.07 bits per heavy atom. The van der Waals surface area contributed by atoms with Crippen LogP contribution in [0.15, 0.2) is 17.1 Å². The van der Waals surface area contributed by atoms with Gasteiger partial charge in [-0.15, -0.1) is 11.3 Å². The van der Waals surface area contributed by atoms with Crippen LogP contribution in [-0.4, -0.2) is 30.5 Å². The summed E-state index contributed by atoms with van der Waals surface area (Å²) in [6.07, 6.45) is 5.23. The number of hydrogen-bond donors (Lipinski definition) is 0. The molecule has 1 aliphatic carbocycles. The first-order valence-corrected chi connectivity index (χ1v) is 9.84. The molecule has 1 aromatic carbocycles. The van der Waals surface area contributed by atoms with Crippen molar-refractivity contribution in [2.24, 2.45) is 4.99 Å². The number of benzene rings is 1. The third-order valence-corrected chi connectivity index (χ3v) is 5.87. The van der Waals surface area contributed by atoms with E-state index in [0.29, 0.717) is 22.1 Å². The van der Waals surface area contributed by atoms with Crippen molar-refractivity contribution in [3.8, 4) is 11.5 Å². The molecule has 0 saturated carbocycles. The fourth-order valence-corrected chi connectivity index (χ4v) is 4.61. The first-order chi connectivity index (χ1) is 13.6. The van der Waals surface area contributed by atoms with E-state index in [1.165, 1.54) is 29.7 Å². The highest BCUT2D eigenvalue weighted by atomic mass is 32.1. The van der Waals surface area contributed by atoms with Gasteiger partial charge in [0, 0.05) is 11.1 Å². The molecule has 0 atom stereocenters. The van der Waals surface area contributed by atoms with Crippen LogP contribution in [0.1, 0.15) is 46.1 Å². The molecule has 1 aromatic heterocycles. The number of carbonyl (C=O) groups excluding carboxylic acids is 1. The number of fused-ring (bicyclic) bond motifs is 2. The fraction of sp³-hybridized carbons (Fsp3) is 0.368. The van der Waals surface area contributed by atoms with E-state index in [1.807, 2.05) is 0 Å². The number of aryl methyl sites for hydroxylation is 1. The second-order valence-corrected chi connectivity index (χ2v) is 7.47. The SMILES string of the molecule is CCOC(=O)c1c(N=Cc2cc3c(cc2[N+](=O)[O-])OCO3)sc2c1CCCC2. The van der Waals surface area contributed by atoms with Gasteiger partial charge in [0.15, 0.2) is 11.5 Å². The zero-order valence-corrected chi connectivity index (χ0v) is 16.0. The molecule has 146 valence electrons. The van der Waals surface area contributed by atoms with Crippen LogP contribution < -0.4 is 9.47 Å². The number of carbonyl (C=O) groups is 1. The van der Waals surface area contributed by atoms with Crippen molar-refractivity contribution in [1.82, 2.24) is 0 Å². The molecule has 0 spiro atoms. The minimum atomic E-state index is -0.491. The molecule has 1 aliphatic heterocycles. The number of esters is 1. The Kier molecular flexibility index (Phi) is 4.99. The molecule has 0 N–H and O–H groups in total. The molecule has 2 heterocycles. The summed E-state index contributed by atoms with van der Waals surface area (Å²) in [6, 6.07) is 2.86. The lowest BCUT2D eigenvalue weighted by Gasteiger charge is -2.11. The van der Waals surface area contributed by atoms with Gasteiger partial charge in [-0.25, -0.2) is 9.79 Å². The molecule has 0 bridgehead atoms. The minimum Gasteiger partial charge on any atom is -0.462 e. The molecule has 4 rings (SSSR count). The van der Waals surface area contributed by atoms with Crippen molar-refractivity contribution in [3.05, 3.63) is 43.8 Å². The van der Waals surface area contributed by atoms with Crippen LogP contribution in [0.5, 0.6) is 11.5 Å². The number of aliphatic imine (C=N–C) groups is 1. The molecule has 0 saturated heterocycles. The van der Waals surface area contributed by atoms with Crippen LogP contribution >= 0.6 is 11.3 Å². The molecule has 0 radical (unpaired) electrons. The summed E-state index contributed by atoms with van der Waals surface area (Å²) in [4.78, 5) is 29.0. The van der Waals surface area contributed by atoms with Crippen molar-refractivity contribution in [2.75, 3.05) is 13.4 Å². The topological polar surface area (TPSA) is 100 Å². The highest BCUT2D eigenvalue weighted by Crippen LogP contribution is 2.41. The maximum Gasteiger partial charge on any atom is 0.341 e. The van der Waals surface area contributed by atoms with E-state index in [9.17, 15) is 14.9 Å². The van der Waals surface area contributed by atoms with Crippen LogP contribution in [0.2, 0.25) is 0 Å². The van der Waals surface area contributed by atoms with Gasteiger partial charge in [-0.2, -0.15) is 0 Å². The first kappa shape index (κ1) is 18.4. The molecule has 9 heteroatoms. The molecule has 2 aromatic rings. The number of rotatable bonds is 5. The second-order valence-electron chi connectivity index (χ2n) is 6.39. The largest absolute Gasteiger partial charge is 0.462 e. The summed E-state index contributed by atoms with van der Waals surface area (Å²) in [5.74, 6) is 0.375. The Bertz CT molecular complexity index is 981. The summed E-state index contributed by atoms with van der Waals surface area (Å²) in [6.45, 7) is 2.06. The molecule has 0 fully saturated rings. The number of nitro benzene ring substituents is 1. The lowest BCUT2D eigenvalue weighted by atomic mass is 9.95. The van der Waals surface area contributed by atoms with E-state index >= 15 is 0 Å². The molecular formula is C19H18N2O6S. The van der Waals surface area contributed by atoms with E-state index < -0.39 is 10.9 Å². The predicted molar refractivity (Wildman–Crippen MR) is 103 cm³/mol. The van der Waals surface area contributed by atoms with E-state index in [0.717, 1.165) is 36.1 Å². The van der Waals surface area contributed by atoms with Gasteiger partial charge in [-0.05, 0) is 44.2 Å². The Labute approximate surface area is 164 Å². The molecule has 8 nitrogen and oxygen atoms in total.